The van der Waals surface area contributed by atoms with Crippen molar-refractivity contribution >= 4 is 17.7 Å². The number of hydrogen-bond acceptors (Lipinski definition) is 4. The van der Waals surface area contributed by atoms with Crippen LogP contribution in [-0.2, 0) is 4.79 Å². The maximum Gasteiger partial charge on any atom is 0.248 e. The second kappa shape index (κ2) is 8.34. The van der Waals surface area contributed by atoms with Crippen LogP contribution in [-0.4, -0.2) is 19.6 Å². The molecule has 0 bridgehead atoms. The van der Waals surface area contributed by atoms with Gasteiger partial charge in [-0.25, -0.2) is 4.39 Å². The maximum atomic E-state index is 12.8. The summed E-state index contributed by atoms with van der Waals surface area (Å²) in [7, 11) is 1.49. The lowest BCUT2D eigenvalue weighted by Crippen LogP contribution is -2.07. The Morgan fingerprint density at radius 1 is 1.25 bits per heavy atom. The number of nitrogens with one attached hydrogen (secondary N) is 1. The summed E-state index contributed by atoms with van der Waals surface area (Å²) < 4.78 is 23.2. The summed E-state index contributed by atoms with van der Waals surface area (Å²) in [4.78, 5) is 11.8. The minimum Gasteiger partial charge on any atom is -0.493 e. The predicted molar refractivity (Wildman–Crippen MR) is 88.2 cm³/mol. The summed E-state index contributed by atoms with van der Waals surface area (Å²) in [6.45, 7) is -0.0778. The first kappa shape index (κ1) is 17.0. The van der Waals surface area contributed by atoms with Gasteiger partial charge in [-0.05, 0) is 48.0 Å². The van der Waals surface area contributed by atoms with Gasteiger partial charge in [0.05, 0.1) is 7.11 Å². The second-order valence-electron chi connectivity index (χ2n) is 4.69. The highest BCUT2D eigenvalue weighted by atomic mass is 19.1. The molecule has 0 unspecified atom stereocenters. The van der Waals surface area contributed by atoms with E-state index in [1.807, 2.05) is 6.07 Å². The summed E-state index contributed by atoms with van der Waals surface area (Å²) in [5.74, 6) is 0.207. The molecule has 0 spiro atoms. The van der Waals surface area contributed by atoms with Crippen molar-refractivity contribution in [3.05, 3.63) is 59.9 Å². The van der Waals surface area contributed by atoms with Crippen LogP contribution in [0, 0.1) is 17.1 Å². The fraction of sp³-hybridized carbons (Fsp3) is 0.111. The number of anilines is 1. The van der Waals surface area contributed by atoms with E-state index in [0.717, 1.165) is 5.56 Å². The van der Waals surface area contributed by atoms with Gasteiger partial charge in [-0.2, -0.15) is 5.26 Å². The molecule has 0 saturated heterocycles. The van der Waals surface area contributed by atoms with E-state index in [0.29, 0.717) is 17.2 Å². The van der Waals surface area contributed by atoms with Crippen LogP contribution in [0.25, 0.3) is 6.08 Å². The molecule has 2 aromatic carbocycles. The number of carbonyl (C=O) groups is 1. The Morgan fingerprint density at radius 3 is 2.67 bits per heavy atom. The third-order valence-electron chi connectivity index (χ3n) is 3.02. The smallest absolute Gasteiger partial charge is 0.248 e. The number of carbonyl (C=O) groups excluding carboxylic acids is 1. The highest BCUT2D eigenvalue weighted by Crippen LogP contribution is 2.28. The minimum absolute atomic E-state index is 0.0778. The van der Waals surface area contributed by atoms with E-state index in [9.17, 15) is 9.18 Å². The van der Waals surface area contributed by atoms with Gasteiger partial charge < -0.3 is 14.8 Å². The fourth-order valence-corrected chi connectivity index (χ4v) is 1.91. The lowest BCUT2D eigenvalue weighted by atomic mass is 10.2. The Morgan fingerprint density at radius 2 is 2.00 bits per heavy atom. The average Bonchev–Trinajstić information content (AvgIpc) is 2.60. The molecule has 1 N–H and O–H groups in total. The fourth-order valence-electron chi connectivity index (χ4n) is 1.91. The first-order valence-electron chi connectivity index (χ1n) is 7.05. The summed E-state index contributed by atoms with van der Waals surface area (Å²) in [5, 5.41) is 11.2. The van der Waals surface area contributed by atoms with Crippen molar-refractivity contribution in [2.24, 2.45) is 0 Å². The van der Waals surface area contributed by atoms with E-state index >= 15 is 0 Å². The Balaban J connectivity index is 2.03. The zero-order valence-electron chi connectivity index (χ0n) is 13.0. The van der Waals surface area contributed by atoms with E-state index < -0.39 is 0 Å². The maximum absolute atomic E-state index is 12.8. The lowest BCUT2D eigenvalue weighted by molar-refractivity contribution is -0.111. The number of hydrogen-bond donors (Lipinski definition) is 1. The third kappa shape index (κ3) is 4.85. The molecule has 0 aliphatic rings. The summed E-state index contributed by atoms with van der Waals surface area (Å²) in [6.07, 6.45) is 2.96. The summed E-state index contributed by atoms with van der Waals surface area (Å²) in [5.41, 5.74) is 1.23. The third-order valence-corrected chi connectivity index (χ3v) is 3.02. The van der Waals surface area contributed by atoms with E-state index in [1.165, 1.54) is 37.5 Å². The molecule has 0 heterocycles. The van der Waals surface area contributed by atoms with Gasteiger partial charge in [-0.1, -0.05) is 6.07 Å². The van der Waals surface area contributed by atoms with E-state index in [4.69, 9.17) is 14.7 Å². The molecular formula is C18H15FN2O3. The molecule has 0 fully saturated rings. The number of amides is 1. The first-order chi connectivity index (χ1) is 11.6. The van der Waals surface area contributed by atoms with Crippen molar-refractivity contribution < 1.29 is 18.7 Å². The van der Waals surface area contributed by atoms with Gasteiger partial charge in [-0.3, -0.25) is 4.79 Å². The van der Waals surface area contributed by atoms with Gasteiger partial charge >= 0.3 is 0 Å². The van der Waals surface area contributed by atoms with Crippen LogP contribution in [0.5, 0.6) is 11.5 Å². The Hall–Kier alpha value is -3.33. The monoisotopic (exact) mass is 326 g/mol. The van der Waals surface area contributed by atoms with E-state index in [2.05, 4.69) is 5.32 Å². The normalized spacial score (nSPS) is 10.2. The zero-order valence-corrected chi connectivity index (χ0v) is 13.0. The number of methoxy groups -OCH3 is 1. The van der Waals surface area contributed by atoms with Crippen molar-refractivity contribution in [2.45, 2.75) is 0 Å². The second-order valence-corrected chi connectivity index (χ2v) is 4.69. The van der Waals surface area contributed by atoms with Gasteiger partial charge in [-0.15, -0.1) is 0 Å². The molecule has 122 valence electrons. The number of benzene rings is 2. The number of ether oxygens (including phenoxy) is 2. The van der Waals surface area contributed by atoms with Crippen molar-refractivity contribution in [2.75, 3.05) is 19.0 Å². The molecule has 5 nitrogen and oxygen atoms in total. The summed E-state index contributed by atoms with van der Waals surface area (Å²) in [6, 6.07) is 12.5. The molecule has 0 saturated carbocycles. The number of nitriles is 1. The van der Waals surface area contributed by atoms with Crippen molar-refractivity contribution in [3.8, 4) is 17.6 Å². The van der Waals surface area contributed by atoms with Crippen LogP contribution in [0.1, 0.15) is 5.56 Å². The standard InChI is InChI=1S/C18H15FN2O3/c1-23-17-12-13(2-8-16(17)24-11-10-20)3-9-18(22)21-15-6-4-14(19)5-7-15/h2-9,12H,11H2,1H3,(H,21,22)/b9-3+. The molecule has 2 rings (SSSR count). The molecule has 24 heavy (non-hydrogen) atoms. The van der Waals surface area contributed by atoms with E-state index in [-0.39, 0.29) is 18.3 Å². The predicted octanol–water partition coefficient (Wildman–Crippen LogP) is 3.39. The summed E-state index contributed by atoms with van der Waals surface area (Å²) >= 11 is 0. The molecular weight excluding hydrogens is 311 g/mol. The van der Waals surface area contributed by atoms with Crippen molar-refractivity contribution in [3.63, 3.8) is 0 Å². The molecule has 0 aliphatic heterocycles. The van der Waals surface area contributed by atoms with E-state index in [1.54, 1.807) is 24.3 Å². The molecule has 6 heteroatoms. The van der Waals surface area contributed by atoms with Crippen LogP contribution >= 0.6 is 0 Å². The first-order valence-corrected chi connectivity index (χ1v) is 7.05. The average molecular weight is 326 g/mol. The number of halogens is 1. The van der Waals surface area contributed by atoms with Crippen LogP contribution in [0.2, 0.25) is 0 Å². The van der Waals surface area contributed by atoms with Gasteiger partial charge in [0.1, 0.15) is 11.9 Å². The largest absolute Gasteiger partial charge is 0.493 e. The quantitative estimate of drug-likeness (QED) is 0.826. The highest BCUT2D eigenvalue weighted by Gasteiger charge is 2.05. The van der Waals surface area contributed by atoms with Crippen LogP contribution in [0.4, 0.5) is 10.1 Å². The Labute approximate surface area is 138 Å². The minimum atomic E-state index is -0.366. The SMILES string of the molecule is COc1cc(/C=C/C(=O)Nc2ccc(F)cc2)ccc1OCC#N. The van der Waals surface area contributed by atoms with Crippen molar-refractivity contribution in [1.82, 2.24) is 0 Å². The molecule has 0 radical (unpaired) electrons. The lowest BCUT2D eigenvalue weighted by Gasteiger charge is -2.08. The Kier molecular flexibility index (Phi) is 5.92. The van der Waals surface area contributed by atoms with Gasteiger partial charge in [0, 0.05) is 11.8 Å². The van der Waals surface area contributed by atoms with Gasteiger partial charge in [0.15, 0.2) is 18.1 Å². The zero-order chi connectivity index (χ0) is 17.4. The van der Waals surface area contributed by atoms with Gasteiger partial charge in [0.25, 0.3) is 0 Å². The molecule has 1 amide bonds. The molecule has 0 aromatic heterocycles. The number of rotatable bonds is 6. The van der Waals surface area contributed by atoms with Crippen LogP contribution < -0.4 is 14.8 Å². The number of nitrogens with zero attached hydrogens (tertiary/aromatic N) is 1. The molecule has 0 atom stereocenters. The highest BCUT2D eigenvalue weighted by molar-refractivity contribution is 6.01. The van der Waals surface area contributed by atoms with Crippen LogP contribution in [0.3, 0.4) is 0 Å². The van der Waals surface area contributed by atoms with Crippen LogP contribution in [0.15, 0.2) is 48.5 Å². The topological polar surface area (TPSA) is 71.3 Å². The molecule has 2 aromatic rings. The van der Waals surface area contributed by atoms with Gasteiger partial charge in [0.2, 0.25) is 5.91 Å². The Bertz CT molecular complexity index is 780. The van der Waals surface area contributed by atoms with Crippen molar-refractivity contribution in [1.29, 1.82) is 5.26 Å². The molecule has 0 aliphatic carbocycles.